The summed E-state index contributed by atoms with van der Waals surface area (Å²) in [6.45, 7) is 3.41. The monoisotopic (exact) mass is 197 g/mol. The first-order chi connectivity index (χ1) is 6.61. The van der Waals surface area contributed by atoms with Crippen LogP contribution < -0.4 is 0 Å². The minimum Gasteiger partial charge on any atom is -0.393 e. The molecule has 3 heteroatoms. The number of piperidine rings is 1. The molecule has 1 aliphatic carbocycles. The fourth-order valence-electron chi connectivity index (χ4n) is 2.20. The third-order valence-electron chi connectivity index (χ3n) is 3.56. The molecule has 3 nitrogen and oxygen atoms in total. The molecule has 1 aliphatic heterocycles. The Hall–Kier alpha value is -0.570. The normalized spacial score (nSPS) is 26.7. The Morgan fingerprint density at radius 3 is 2.71 bits per heavy atom. The number of carbonyl (C=O) groups excluding carboxylic acids is 1. The Labute approximate surface area is 85.1 Å². The third kappa shape index (κ3) is 2.08. The third-order valence-corrected chi connectivity index (χ3v) is 3.56. The van der Waals surface area contributed by atoms with Gasteiger partial charge in [0.15, 0.2) is 0 Å². The van der Waals surface area contributed by atoms with Gasteiger partial charge in [-0.05, 0) is 38.0 Å². The highest BCUT2D eigenvalue weighted by atomic mass is 16.3. The van der Waals surface area contributed by atoms with Gasteiger partial charge in [0.05, 0.1) is 6.10 Å². The highest BCUT2D eigenvalue weighted by Crippen LogP contribution is 2.53. The summed E-state index contributed by atoms with van der Waals surface area (Å²) >= 11 is 0. The van der Waals surface area contributed by atoms with Gasteiger partial charge in [0.1, 0.15) is 0 Å². The lowest BCUT2D eigenvalue weighted by molar-refractivity contribution is -0.135. The molecule has 1 spiro atoms. The van der Waals surface area contributed by atoms with E-state index in [0.717, 1.165) is 19.5 Å². The fraction of sp³-hybridized carbons (Fsp3) is 0.909. The Balaban J connectivity index is 1.80. The zero-order chi connectivity index (χ0) is 10.2. The summed E-state index contributed by atoms with van der Waals surface area (Å²) in [5.41, 5.74) is 0.415. The summed E-state index contributed by atoms with van der Waals surface area (Å²) in [5.74, 6) is 0.300. The van der Waals surface area contributed by atoms with Crippen LogP contribution >= 0.6 is 0 Å². The van der Waals surface area contributed by atoms with Crippen molar-refractivity contribution in [3.05, 3.63) is 0 Å². The quantitative estimate of drug-likeness (QED) is 0.737. The van der Waals surface area contributed by atoms with Gasteiger partial charge in [-0.15, -0.1) is 0 Å². The van der Waals surface area contributed by atoms with E-state index in [9.17, 15) is 4.79 Å². The average molecular weight is 197 g/mol. The van der Waals surface area contributed by atoms with E-state index in [4.69, 9.17) is 5.11 Å². The van der Waals surface area contributed by atoms with Crippen LogP contribution in [0.4, 0.5) is 0 Å². The van der Waals surface area contributed by atoms with Gasteiger partial charge in [-0.2, -0.15) is 0 Å². The molecule has 0 aromatic carbocycles. The highest BCUT2D eigenvalue weighted by Gasteiger charge is 2.47. The van der Waals surface area contributed by atoms with E-state index in [-0.39, 0.29) is 6.10 Å². The molecule has 14 heavy (non-hydrogen) atoms. The summed E-state index contributed by atoms with van der Waals surface area (Å²) in [7, 11) is 0. The van der Waals surface area contributed by atoms with Gasteiger partial charge < -0.3 is 10.0 Å². The number of aliphatic hydroxyl groups is 1. The number of aliphatic hydroxyl groups excluding tert-OH is 1. The van der Waals surface area contributed by atoms with Crippen molar-refractivity contribution >= 4 is 5.91 Å². The number of rotatable bonds is 3. The van der Waals surface area contributed by atoms with Crippen molar-refractivity contribution < 1.29 is 9.90 Å². The molecule has 1 saturated heterocycles. The molecule has 80 valence electrons. The summed E-state index contributed by atoms with van der Waals surface area (Å²) in [5, 5.41) is 9.15. The molecular formula is C11H19NO2. The lowest BCUT2D eigenvalue weighted by Gasteiger charge is -2.32. The summed E-state index contributed by atoms with van der Waals surface area (Å²) in [6, 6.07) is 0. The molecule has 1 amide bonds. The molecule has 1 atom stereocenters. The molecule has 2 rings (SSSR count). The van der Waals surface area contributed by atoms with Crippen molar-refractivity contribution in [3.63, 3.8) is 0 Å². The second kappa shape index (κ2) is 3.54. The van der Waals surface area contributed by atoms with E-state index in [1.54, 1.807) is 6.92 Å². The maximum absolute atomic E-state index is 11.7. The standard InChI is InChI=1S/C11H19NO2/c1-9(13)2-6-12-7-5-11(3-4-11)8-10(12)14/h9,13H,2-8H2,1H3. The number of nitrogens with zero attached hydrogens (tertiary/aromatic N) is 1. The average Bonchev–Trinajstić information content (AvgIpc) is 2.83. The second-order valence-corrected chi connectivity index (χ2v) is 4.95. The first-order valence-corrected chi connectivity index (χ1v) is 5.57. The summed E-state index contributed by atoms with van der Waals surface area (Å²) < 4.78 is 0. The lowest BCUT2D eigenvalue weighted by Crippen LogP contribution is -2.40. The van der Waals surface area contributed by atoms with E-state index in [2.05, 4.69) is 0 Å². The predicted octanol–water partition coefficient (Wildman–Crippen LogP) is 1.16. The van der Waals surface area contributed by atoms with Gasteiger partial charge in [0.2, 0.25) is 5.91 Å². The zero-order valence-corrected chi connectivity index (χ0v) is 8.83. The van der Waals surface area contributed by atoms with Crippen LogP contribution in [0.1, 0.15) is 39.0 Å². The van der Waals surface area contributed by atoms with Gasteiger partial charge in [0.25, 0.3) is 0 Å². The number of hydrogen-bond acceptors (Lipinski definition) is 2. The Kier molecular flexibility index (Phi) is 2.52. The maximum Gasteiger partial charge on any atom is 0.223 e. The Morgan fingerprint density at radius 2 is 2.21 bits per heavy atom. The maximum atomic E-state index is 11.7. The Morgan fingerprint density at radius 1 is 1.50 bits per heavy atom. The minimum atomic E-state index is -0.292. The predicted molar refractivity (Wildman–Crippen MR) is 53.8 cm³/mol. The molecule has 2 aliphatic rings. The van der Waals surface area contributed by atoms with E-state index in [0.29, 0.717) is 17.7 Å². The topological polar surface area (TPSA) is 40.5 Å². The van der Waals surface area contributed by atoms with Crippen LogP contribution in [-0.4, -0.2) is 35.1 Å². The van der Waals surface area contributed by atoms with Crippen LogP contribution in [-0.2, 0) is 4.79 Å². The molecular weight excluding hydrogens is 178 g/mol. The molecule has 1 saturated carbocycles. The first-order valence-electron chi connectivity index (χ1n) is 5.57. The fourth-order valence-corrected chi connectivity index (χ4v) is 2.20. The number of carbonyl (C=O) groups is 1. The van der Waals surface area contributed by atoms with E-state index >= 15 is 0 Å². The number of amides is 1. The van der Waals surface area contributed by atoms with Crippen molar-refractivity contribution in [2.45, 2.75) is 45.1 Å². The van der Waals surface area contributed by atoms with Crippen molar-refractivity contribution in [1.29, 1.82) is 0 Å². The minimum absolute atomic E-state index is 0.292. The van der Waals surface area contributed by atoms with Crippen LogP contribution in [0.2, 0.25) is 0 Å². The molecule has 2 fully saturated rings. The largest absolute Gasteiger partial charge is 0.393 e. The lowest BCUT2D eigenvalue weighted by atomic mass is 9.93. The van der Waals surface area contributed by atoms with E-state index in [1.807, 2.05) is 4.90 Å². The number of likely N-dealkylation sites (tertiary alicyclic amines) is 1. The van der Waals surface area contributed by atoms with Crippen molar-refractivity contribution in [1.82, 2.24) is 4.90 Å². The van der Waals surface area contributed by atoms with Crippen LogP contribution in [0.5, 0.6) is 0 Å². The smallest absolute Gasteiger partial charge is 0.223 e. The summed E-state index contributed by atoms with van der Waals surface area (Å²) in [6.07, 6.45) is 4.86. The van der Waals surface area contributed by atoms with E-state index < -0.39 is 0 Å². The van der Waals surface area contributed by atoms with Crippen LogP contribution in [0.3, 0.4) is 0 Å². The van der Waals surface area contributed by atoms with Crippen molar-refractivity contribution in [2.75, 3.05) is 13.1 Å². The molecule has 1 heterocycles. The van der Waals surface area contributed by atoms with Crippen LogP contribution in [0.25, 0.3) is 0 Å². The van der Waals surface area contributed by atoms with Crippen molar-refractivity contribution in [3.8, 4) is 0 Å². The Bertz CT molecular complexity index is 231. The molecule has 1 unspecified atom stereocenters. The van der Waals surface area contributed by atoms with Crippen molar-refractivity contribution in [2.24, 2.45) is 5.41 Å². The van der Waals surface area contributed by atoms with E-state index in [1.165, 1.54) is 19.3 Å². The molecule has 1 N–H and O–H groups in total. The second-order valence-electron chi connectivity index (χ2n) is 4.95. The van der Waals surface area contributed by atoms with Gasteiger partial charge in [-0.25, -0.2) is 0 Å². The highest BCUT2D eigenvalue weighted by molar-refractivity contribution is 5.78. The molecule has 0 aromatic heterocycles. The first kappa shape index (κ1) is 9.97. The molecule has 0 bridgehead atoms. The molecule has 0 radical (unpaired) electrons. The van der Waals surface area contributed by atoms with Crippen LogP contribution in [0, 0.1) is 5.41 Å². The van der Waals surface area contributed by atoms with Gasteiger partial charge in [0, 0.05) is 19.5 Å². The van der Waals surface area contributed by atoms with Gasteiger partial charge in [-0.1, -0.05) is 0 Å². The van der Waals surface area contributed by atoms with Crippen LogP contribution in [0.15, 0.2) is 0 Å². The zero-order valence-electron chi connectivity index (χ0n) is 8.83. The van der Waals surface area contributed by atoms with Gasteiger partial charge in [-0.3, -0.25) is 4.79 Å². The molecule has 0 aromatic rings. The summed E-state index contributed by atoms with van der Waals surface area (Å²) in [4.78, 5) is 13.6. The van der Waals surface area contributed by atoms with Gasteiger partial charge >= 0.3 is 0 Å². The number of hydrogen-bond donors (Lipinski definition) is 1. The SMILES string of the molecule is CC(O)CCN1CCC2(CC2)CC1=O.